The molecule has 4 heterocycles. The van der Waals surface area contributed by atoms with E-state index in [0.717, 1.165) is 30.0 Å². The normalized spacial score (nSPS) is 14.7. The van der Waals surface area contributed by atoms with Crippen LogP contribution < -0.4 is 15.4 Å². The fourth-order valence-electron chi connectivity index (χ4n) is 3.93. The first-order chi connectivity index (χ1) is 16.0. The van der Waals surface area contributed by atoms with E-state index >= 15 is 0 Å². The maximum Gasteiger partial charge on any atom is 0.229 e. The van der Waals surface area contributed by atoms with Gasteiger partial charge in [0, 0.05) is 50.0 Å². The van der Waals surface area contributed by atoms with Crippen LogP contribution in [-0.2, 0) is 4.79 Å². The smallest absolute Gasteiger partial charge is 0.229 e. The van der Waals surface area contributed by atoms with Gasteiger partial charge in [-0.25, -0.2) is 9.50 Å². The van der Waals surface area contributed by atoms with Gasteiger partial charge in [0.05, 0.1) is 29.4 Å². The molecular weight excluding hydrogens is 418 g/mol. The van der Waals surface area contributed by atoms with Crippen LogP contribution in [-0.4, -0.2) is 64.7 Å². The lowest BCUT2D eigenvalue weighted by molar-refractivity contribution is -0.133. The Hall–Kier alpha value is -3.90. The highest BCUT2D eigenvalue weighted by Gasteiger charge is 2.24. The zero-order valence-corrected chi connectivity index (χ0v) is 18.6. The third kappa shape index (κ3) is 4.52. The molecule has 33 heavy (non-hydrogen) atoms. The molecule has 1 saturated heterocycles. The first-order valence-corrected chi connectivity index (χ1v) is 10.9. The van der Waals surface area contributed by atoms with E-state index in [0.29, 0.717) is 43.1 Å². The highest BCUT2D eigenvalue weighted by Crippen LogP contribution is 2.31. The Bertz CT molecular complexity index is 1190. The van der Waals surface area contributed by atoms with Crippen molar-refractivity contribution in [3.63, 3.8) is 0 Å². The van der Waals surface area contributed by atoms with Crippen molar-refractivity contribution in [2.24, 2.45) is 11.7 Å². The summed E-state index contributed by atoms with van der Waals surface area (Å²) in [6, 6.07) is 8.03. The van der Waals surface area contributed by atoms with Gasteiger partial charge in [0.25, 0.3) is 0 Å². The molecule has 0 bridgehead atoms. The van der Waals surface area contributed by atoms with Crippen LogP contribution in [0.4, 0.5) is 5.82 Å². The second-order valence-electron chi connectivity index (χ2n) is 7.93. The fraction of sp³-hybridized carbons (Fsp3) is 0.333. The van der Waals surface area contributed by atoms with Gasteiger partial charge in [-0.3, -0.25) is 4.79 Å². The lowest BCUT2D eigenvalue weighted by Crippen LogP contribution is -2.50. The van der Waals surface area contributed by atoms with Crippen molar-refractivity contribution in [2.75, 3.05) is 44.2 Å². The van der Waals surface area contributed by atoms with Gasteiger partial charge in [0.15, 0.2) is 0 Å². The predicted octanol–water partition coefficient (Wildman–Crippen LogP) is 2.08. The molecule has 9 nitrogen and oxygen atoms in total. The zero-order valence-electron chi connectivity index (χ0n) is 18.6. The molecule has 1 unspecified atom stereocenters. The summed E-state index contributed by atoms with van der Waals surface area (Å²) in [6.45, 7) is 9.11. The van der Waals surface area contributed by atoms with E-state index in [1.54, 1.807) is 29.2 Å². The number of fused-ring (bicyclic) bond motifs is 1. The first-order valence-electron chi connectivity index (χ1n) is 10.9. The molecule has 1 atom stereocenters. The standard InChI is InChI=1S/C24H27N7O2/c1-3-17(2)24(32)30-9-7-29(8-10-30)22-5-4-18(14-27-22)21-12-20(33-11-6-25)16-31-23(21)19(13-26)15-28-31/h3-5,12,14-17H,1,6-11,25H2,2H3. The Labute approximate surface area is 192 Å². The summed E-state index contributed by atoms with van der Waals surface area (Å²) in [4.78, 5) is 21.1. The molecule has 3 aromatic heterocycles. The lowest BCUT2D eigenvalue weighted by Gasteiger charge is -2.36. The quantitative estimate of drug-likeness (QED) is 0.554. The second kappa shape index (κ2) is 9.71. The number of nitrogens with zero attached hydrogens (tertiary/aromatic N) is 6. The van der Waals surface area contributed by atoms with Crippen molar-refractivity contribution in [2.45, 2.75) is 6.92 Å². The van der Waals surface area contributed by atoms with Crippen molar-refractivity contribution in [3.05, 3.63) is 55.0 Å². The van der Waals surface area contributed by atoms with Crippen LogP contribution in [0.15, 0.2) is 49.4 Å². The molecule has 4 rings (SSSR count). The number of carbonyl (C=O) groups is 1. The van der Waals surface area contributed by atoms with E-state index in [9.17, 15) is 10.1 Å². The van der Waals surface area contributed by atoms with Crippen LogP contribution in [0.1, 0.15) is 12.5 Å². The number of nitriles is 1. The van der Waals surface area contributed by atoms with Gasteiger partial charge in [-0.15, -0.1) is 6.58 Å². The number of hydrogen-bond acceptors (Lipinski definition) is 7. The topological polar surface area (TPSA) is 113 Å². The number of carbonyl (C=O) groups excluding carboxylic acids is 1. The summed E-state index contributed by atoms with van der Waals surface area (Å²) in [5.74, 6) is 1.41. The minimum Gasteiger partial charge on any atom is -0.491 e. The van der Waals surface area contributed by atoms with E-state index in [4.69, 9.17) is 10.5 Å². The van der Waals surface area contributed by atoms with E-state index in [1.165, 1.54) is 0 Å². The summed E-state index contributed by atoms with van der Waals surface area (Å²) in [5, 5.41) is 13.8. The number of piperazine rings is 1. The molecule has 170 valence electrons. The number of aromatic nitrogens is 3. The van der Waals surface area contributed by atoms with Gasteiger partial charge in [-0.1, -0.05) is 13.0 Å². The van der Waals surface area contributed by atoms with Crippen molar-refractivity contribution in [1.82, 2.24) is 19.5 Å². The molecule has 1 fully saturated rings. The number of amides is 1. The van der Waals surface area contributed by atoms with Gasteiger partial charge < -0.3 is 20.3 Å². The number of hydrogen-bond donors (Lipinski definition) is 1. The summed E-state index contributed by atoms with van der Waals surface area (Å²) in [7, 11) is 0. The van der Waals surface area contributed by atoms with Crippen molar-refractivity contribution in [3.8, 4) is 22.9 Å². The van der Waals surface area contributed by atoms with Crippen LogP contribution in [0.5, 0.6) is 5.75 Å². The average molecular weight is 446 g/mol. The third-order valence-electron chi connectivity index (χ3n) is 5.81. The van der Waals surface area contributed by atoms with Crippen LogP contribution in [0.2, 0.25) is 0 Å². The molecule has 1 aliphatic heterocycles. The first kappa shape index (κ1) is 22.3. The molecule has 2 N–H and O–H groups in total. The molecular formula is C24H27N7O2. The zero-order chi connectivity index (χ0) is 23.4. The van der Waals surface area contributed by atoms with Crippen LogP contribution in [0, 0.1) is 17.2 Å². The summed E-state index contributed by atoms with van der Waals surface area (Å²) in [6.07, 6.45) is 6.76. The Morgan fingerprint density at radius 3 is 2.76 bits per heavy atom. The monoisotopic (exact) mass is 445 g/mol. The highest BCUT2D eigenvalue weighted by molar-refractivity contribution is 5.85. The van der Waals surface area contributed by atoms with Crippen LogP contribution >= 0.6 is 0 Å². The number of nitrogens with two attached hydrogens (primary N) is 1. The van der Waals surface area contributed by atoms with Gasteiger partial charge in [-0.05, 0) is 18.2 Å². The van der Waals surface area contributed by atoms with Crippen LogP contribution in [0.3, 0.4) is 0 Å². The predicted molar refractivity (Wildman–Crippen MR) is 126 cm³/mol. The molecule has 0 aromatic carbocycles. The Balaban J connectivity index is 1.56. The van der Waals surface area contributed by atoms with E-state index < -0.39 is 0 Å². The number of pyridine rings is 2. The molecule has 0 saturated carbocycles. The largest absolute Gasteiger partial charge is 0.491 e. The summed E-state index contributed by atoms with van der Waals surface area (Å²) >= 11 is 0. The highest BCUT2D eigenvalue weighted by atomic mass is 16.5. The van der Waals surface area contributed by atoms with E-state index in [2.05, 4.69) is 27.6 Å². The maximum atomic E-state index is 12.4. The second-order valence-corrected chi connectivity index (χ2v) is 7.93. The molecule has 3 aromatic rings. The third-order valence-corrected chi connectivity index (χ3v) is 5.81. The minimum atomic E-state index is -0.169. The van der Waals surface area contributed by atoms with Gasteiger partial charge in [0.2, 0.25) is 5.91 Å². The van der Waals surface area contributed by atoms with E-state index in [-0.39, 0.29) is 11.8 Å². The summed E-state index contributed by atoms with van der Waals surface area (Å²) < 4.78 is 7.35. The van der Waals surface area contributed by atoms with Crippen molar-refractivity contribution in [1.29, 1.82) is 5.26 Å². The Kier molecular flexibility index (Phi) is 6.56. The average Bonchev–Trinajstić information content (AvgIpc) is 3.29. The molecule has 0 radical (unpaired) electrons. The van der Waals surface area contributed by atoms with Gasteiger partial charge in [0.1, 0.15) is 24.2 Å². The molecule has 0 aliphatic carbocycles. The number of ether oxygens (including phenoxy) is 1. The lowest BCUT2D eigenvalue weighted by atomic mass is 10.1. The molecule has 1 aliphatic rings. The summed E-state index contributed by atoms with van der Waals surface area (Å²) in [5.41, 5.74) is 8.42. The SMILES string of the molecule is C=CC(C)C(=O)N1CCN(c2ccc(-c3cc(OCCN)cn4ncc(C#N)c34)cn2)CC1. The molecule has 9 heteroatoms. The molecule has 1 amide bonds. The number of rotatable bonds is 7. The van der Waals surface area contributed by atoms with Crippen LogP contribution in [0.25, 0.3) is 16.6 Å². The minimum absolute atomic E-state index is 0.114. The fourth-order valence-corrected chi connectivity index (χ4v) is 3.93. The van der Waals surface area contributed by atoms with Gasteiger partial charge >= 0.3 is 0 Å². The number of anilines is 1. The molecule has 0 spiro atoms. The Morgan fingerprint density at radius 2 is 2.12 bits per heavy atom. The van der Waals surface area contributed by atoms with Crippen molar-refractivity contribution >= 4 is 17.2 Å². The maximum absolute atomic E-state index is 12.4. The Morgan fingerprint density at radius 1 is 1.33 bits per heavy atom. The van der Waals surface area contributed by atoms with E-state index in [1.807, 2.05) is 30.0 Å². The van der Waals surface area contributed by atoms with Gasteiger partial charge in [-0.2, -0.15) is 10.4 Å². The van der Waals surface area contributed by atoms with Crippen molar-refractivity contribution < 1.29 is 9.53 Å².